The molecule has 1 saturated heterocycles. The molecule has 2 aromatic rings. The minimum Gasteiger partial charge on any atom is -0.480 e. The van der Waals surface area contributed by atoms with Crippen LogP contribution in [0.1, 0.15) is 56.8 Å². The Kier molecular flexibility index (Phi) is 9.63. The van der Waals surface area contributed by atoms with Gasteiger partial charge in [-0.15, -0.1) is 0 Å². The van der Waals surface area contributed by atoms with Crippen molar-refractivity contribution in [3.8, 4) is 0 Å². The molecule has 2 aromatic carbocycles. The number of carbonyl (C=O) groups excluding carboxylic acids is 2. The lowest BCUT2D eigenvalue weighted by atomic mass is 9.80. The van der Waals surface area contributed by atoms with E-state index in [1.54, 1.807) is 52.0 Å². The first-order valence-corrected chi connectivity index (χ1v) is 14.6. The number of alkyl carbamates (subject to hydrolysis) is 1. The average Bonchev–Trinajstić information content (AvgIpc) is 3.22. The Morgan fingerprint density at radius 3 is 2.08 bits per heavy atom. The molecular weight excluding hydrogens is 536 g/mol. The number of esters is 1. The molecule has 1 aliphatic rings. The third-order valence-corrected chi connectivity index (χ3v) is 8.64. The maximum atomic E-state index is 13.8. The summed E-state index contributed by atoms with van der Waals surface area (Å²) in [5, 5.41) is 13.2. The number of aryl methyl sites for hydroxylation is 2. The molecule has 2 N–H and O–H groups in total. The van der Waals surface area contributed by atoms with E-state index in [0.717, 1.165) is 15.4 Å². The van der Waals surface area contributed by atoms with Gasteiger partial charge in [-0.05, 0) is 59.2 Å². The van der Waals surface area contributed by atoms with Crippen LogP contribution in [0.4, 0.5) is 4.79 Å². The van der Waals surface area contributed by atoms with E-state index in [9.17, 15) is 27.9 Å². The van der Waals surface area contributed by atoms with Crippen molar-refractivity contribution in [3.05, 3.63) is 65.2 Å². The molecule has 218 valence electrons. The zero-order valence-electron chi connectivity index (χ0n) is 23.7. The molecule has 40 heavy (non-hydrogen) atoms. The summed E-state index contributed by atoms with van der Waals surface area (Å²) in [5.41, 5.74) is 1.61. The van der Waals surface area contributed by atoms with Gasteiger partial charge >= 0.3 is 18.0 Å². The predicted molar refractivity (Wildman–Crippen MR) is 148 cm³/mol. The highest BCUT2D eigenvalue weighted by Gasteiger charge is 2.54. The van der Waals surface area contributed by atoms with Crippen molar-refractivity contribution in [3.63, 3.8) is 0 Å². The number of aliphatic carboxylic acids is 1. The smallest absolute Gasteiger partial charge is 0.408 e. The first-order valence-electron chi connectivity index (χ1n) is 13.2. The lowest BCUT2D eigenvalue weighted by molar-refractivity contribution is -0.146. The fraction of sp³-hybridized carbons (Fsp3) is 0.483. The average molecular weight is 575 g/mol. The van der Waals surface area contributed by atoms with Crippen molar-refractivity contribution in [2.24, 2.45) is 11.8 Å². The number of hydrogen-bond acceptors (Lipinski definition) is 7. The third-order valence-electron chi connectivity index (χ3n) is 6.78. The van der Waals surface area contributed by atoms with Gasteiger partial charge in [-0.25, -0.2) is 13.2 Å². The number of carboxylic acid groups (broad SMARTS) is 1. The minimum atomic E-state index is -4.29. The van der Waals surface area contributed by atoms with Crippen LogP contribution in [-0.2, 0) is 29.1 Å². The van der Waals surface area contributed by atoms with Crippen molar-refractivity contribution in [2.75, 3.05) is 13.2 Å². The quantitative estimate of drug-likeness (QED) is 0.425. The first kappa shape index (κ1) is 31.1. The van der Waals surface area contributed by atoms with Gasteiger partial charge in [0.05, 0.1) is 24.0 Å². The van der Waals surface area contributed by atoms with Crippen molar-refractivity contribution in [1.29, 1.82) is 0 Å². The van der Waals surface area contributed by atoms with Crippen molar-refractivity contribution in [2.45, 2.75) is 70.5 Å². The van der Waals surface area contributed by atoms with Crippen LogP contribution in [0.15, 0.2) is 53.4 Å². The molecule has 0 spiro atoms. The fourth-order valence-corrected chi connectivity index (χ4v) is 6.64. The predicted octanol–water partition coefficient (Wildman–Crippen LogP) is 4.21. The highest BCUT2D eigenvalue weighted by atomic mass is 32.2. The lowest BCUT2D eigenvalue weighted by Gasteiger charge is -2.31. The normalized spacial score (nSPS) is 20.5. The molecule has 10 nitrogen and oxygen atoms in total. The number of benzene rings is 2. The van der Waals surface area contributed by atoms with Gasteiger partial charge in [0, 0.05) is 18.4 Å². The van der Waals surface area contributed by atoms with Crippen LogP contribution in [0.2, 0.25) is 0 Å². The Balaban J connectivity index is 2.15. The zero-order chi connectivity index (χ0) is 29.8. The molecule has 11 heteroatoms. The largest absolute Gasteiger partial charge is 0.480 e. The Bertz CT molecular complexity index is 1320. The number of carboxylic acids is 1. The van der Waals surface area contributed by atoms with Gasteiger partial charge in [0.1, 0.15) is 11.6 Å². The number of nitrogens with zero attached hydrogens (tertiary/aromatic N) is 1. The number of sulfonamides is 1. The molecule has 0 radical (unpaired) electrons. The van der Waals surface area contributed by atoms with Crippen LogP contribution in [-0.4, -0.2) is 60.7 Å². The first-order chi connectivity index (χ1) is 18.6. The van der Waals surface area contributed by atoms with Gasteiger partial charge in [-0.1, -0.05) is 47.5 Å². The van der Waals surface area contributed by atoms with Gasteiger partial charge in [0.2, 0.25) is 10.0 Å². The summed E-state index contributed by atoms with van der Waals surface area (Å²) in [4.78, 5) is 38.3. The molecule has 1 heterocycles. The van der Waals surface area contributed by atoms with E-state index in [1.807, 2.05) is 26.0 Å². The van der Waals surface area contributed by atoms with Crippen LogP contribution in [0.3, 0.4) is 0 Å². The van der Waals surface area contributed by atoms with Gasteiger partial charge in [-0.2, -0.15) is 4.31 Å². The van der Waals surface area contributed by atoms with Crippen molar-refractivity contribution >= 4 is 28.1 Å². The van der Waals surface area contributed by atoms with Gasteiger partial charge in [-0.3, -0.25) is 9.59 Å². The molecule has 3 rings (SSSR count). The number of rotatable bonds is 9. The van der Waals surface area contributed by atoms with Crippen LogP contribution in [0.25, 0.3) is 0 Å². The Morgan fingerprint density at radius 1 is 1.02 bits per heavy atom. The number of nitrogens with one attached hydrogen (secondary N) is 1. The molecule has 0 aliphatic carbocycles. The Hall–Kier alpha value is -3.44. The summed E-state index contributed by atoms with van der Waals surface area (Å²) in [6.07, 6.45) is -1.10. The summed E-state index contributed by atoms with van der Waals surface area (Å²) in [6, 6.07) is 10.9. The highest BCUT2D eigenvalue weighted by molar-refractivity contribution is 7.89. The molecule has 0 aromatic heterocycles. The van der Waals surface area contributed by atoms with Gasteiger partial charge in [0.25, 0.3) is 0 Å². The number of carbonyl (C=O) groups is 3. The summed E-state index contributed by atoms with van der Waals surface area (Å²) >= 11 is 0. The molecule has 0 saturated carbocycles. The summed E-state index contributed by atoms with van der Waals surface area (Å²) in [7, 11) is -4.29. The fourth-order valence-electron chi connectivity index (χ4n) is 4.98. The summed E-state index contributed by atoms with van der Waals surface area (Å²) in [6.45, 7) is 10.3. The maximum absolute atomic E-state index is 13.8. The summed E-state index contributed by atoms with van der Waals surface area (Å²) < 4.78 is 39.2. The van der Waals surface area contributed by atoms with E-state index in [0.29, 0.717) is 5.56 Å². The Morgan fingerprint density at radius 2 is 1.57 bits per heavy atom. The second-order valence-corrected chi connectivity index (χ2v) is 12.9. The maximum Gasteiger partial charge on any atom is 0.408 e. The topological polar surface area (TPSA) is 139 Å². The summed E-state index contributed by atoms with van der Waals surface area (Å²) in [5.74, 6) is -3.87. The number of hydrogen-bond donors (Lipinski definition) is 2. The highest BCUT2D eigenvalue weighted by Crippen LogP contribution is 2.43. The van der Waals surface area contributed by atoms with E-state index in [1.165, 1.54) is 12.1 Å². The van der Waals surface area contributed by atoms with E-state index < -0.39 is 57.6 Å². The standard InChI is InChI=1S/C29H38N2O8S/c1-7-38-24(32)16-22-23(25(20-12-8-18(2)9-13-20)30-28(35)39-29(4,5)6)17-31(26(22)27(33)34)40(36,37)21-14-10-19(3)11-15-21/h8-15,22-23,25-26H,7,16-17H2,1-6H3,(H,30,35)(H,33,34)/t22-,23+,25+,26+/m1/s1. The SMILES string of the molecule is CCOC(=O)C[C@@H]1[C@@H]([C@@H](NC(=O)OC(C)(C)C)c2ccc(C)cc2)CN(S(=O)(=O)c2ccc(C)cc2)[C@@H]1C(=O)O. The van der Waals surface area contributed by atoms with E-state index in [-0.39, 0.29) is 24.5 Å². The second-order valence-electron chi connectivity index (χ2n) is 11.0. The second kappa shape index (κ2) is 12.4. The molecular formula is C29H38N2O8S. The lowest BCUT2D eigenvalue weighted by Crippen LogP contribution is -2.44. The zero-order valence-corrected chi connectivity index (χ0v) is 24.5. The van der Waals surface area contributed by atoms with Crippen LogP contribution >= 0.6 is 0 Å². The van der Waals surface area contributed by atoms with Crippen molar-refractivity contribution in [1.82, 2.24) is 9.62 Å². The Labute approximate surface area is 235 Å². The van der Waals surface area contributed by atoms with E-state index >= 15 is 0 Å². The molecule has 0 unspecified atom stereocenters. The van der Waals surface area contributed by atoms with E-state index in [4.69, 9.17) is 9.47 Å². The number of amides is 1. The molecule has 1 aliphatic heterocycles. The van der Waals surface area contributed by atoms with Crippen LogP contribution in [0.5, 0.6) is 0 Å². The third kappa shape index (κ3) is 7.39. The van der Waals surface area contributed by atoms with Crippen LogP contribution < -0.4 is 5.32 Å². The molecule has 4 atom stereocenters. The van der Waals surface area contributed by atoms with Crippen molar-refractivity contribution < 1.29 is 37.4 Å². The minimum absolute atomic E-state index is 0.0631. The van der Waals surface area contributed by atoms with E-state index in [2.05, 4.69) is 5.32 Å². The molecule has 1 fully saturated rings. The van der Waals surface area contributed by atoms with Gasteiger partial charge < -0.3 is 19.9 Å². The monoisotopic (exact) mass is 574 g/mol. The van der Waals surface area contributed by atoms with Crippen LogP contribution in [0, 0.1) is 25.7 Å². The molecule has 1 amide bonds. The van der Waals surface area contributed by atoms with Gasteiger partial charge in [0.15, 0.2) is 0 Å². The number of ether oxygens (including phenoxy) is 2. The molecule has 0 bridgehead atoms.